The lowest BCUT2D eigenvalue weighted by Crippen LogP contribution is -2.33. The van der Waals surface area contributed by atoms with E-state index in [-0.39, 0.29) is 11.9 Å². The second-order valence-corrected chi connectivity index (χ2v) is 7.51. The summed E-state index contributed by atoms with van der Waals surface area (Å²) >= 11 is 0. The average molecular weight is 394 g/mol. The van der Waals surface area contributed by atoms with E-state index in [4.69, 9.17) is 9.47 Å². The molecule has 1 aromatic carbocycles. The van der Waals surface area contributed by atoms with E-state index in [9.17, 15) is 4.39 Å². The zero-order valence-corrected chi connectivity index (χ0v) is 16.5. The standard InChI is InChI=1S/C24H27FN2O2/c25-20-9-10-22-21(15-20)19(16-27-22)8-4-5-11-26-23(24-17-28-12-13-29-24)14-18-6-2-1-3-7-18/h1-2,6,9-10,12-13,15-17,23,26-27H,3-5,7-8,11,14H2. The summed E-state index contributed by atoms with van der Waals surface area (Å²) in [4.78, 5) is 3.22. The van der Waals surface area contributed by atoms with Crippen LogP contribution in [0.2, 0.25) is 0 Å². The van der Waals surface area contributed by atoms with Gasteiger partial charge < -0.3 is 19.8 Å². The smallest absolute Gasteiger partial charge is 0.155 e. The maximum Gasteiger partial charge on any atom is 0.155 e. The number of rotatable bonds is 9. The minimum atomic E-state index is -0.188. The van der Waals surface area contributed by atoms with Crippen LogP contribution in [0.25, 0.3) is 10.9 Å². The Balaban J connectivity index is 1.29. The summed E-state index contributed by atoms with van der Waals surface area (Å²) < 4.78 is 24.5. The summed E-state index contributed by atoms with van der Waals surface area (Å²) in [5.74, 6) is 0.627. The van der Waals surface area contributed by atoms with Gasteiger partial charge in [0, 0.05) is 17.1 Å². The topological polar surface area (TPSA) is 46.3 Å². The zero-order chi connectivity index (χ0) is 19.9. The van der Waals surface area contributed by atoms with Gasteiger partial charge in [0.1, 0.15) is 24.6 Å². The lowest BCUT2D eigenvalue weighted by atomic mass is 9.97. The minimum absolute atomic E-state index is 0.0971. The van der Waals surface area contributed by atoms with Crippen molar-refractivity contribution in [3.8, 4) is 0 Å². The fourth-order valence-electron chi connectivity index (χ4n) is 3.87. The Morgan fingerprint density at radius 3 is 3.00 bits per heavy atom. The molecule has 0 radical (unpaired) electrons. The van der Waals surface area contributed by atoms with Crippen molar-refractivity contribution in [1.82, 2.24) is 10.3 Å². The fraction of sp³-hybridized carbons (Fsp3) is 0.333. The van der Waals surface area contributed by atoms with Crippen LogP contribution in [0.4, 0.5) is 4.39 Å². The van der Waals surface area contributed by atoms with Crippen molar-refractivity contribution in [2.45, 2.75) is 44.6 Å². The number of allylic oxidation sites excluding steroid dienone is 3. The van der Waals surface area contributed by atoms with Gasteiger partial charge in [0.2, 0.25) is 0 Å². The number of unbranched alkanes of at least 4 members (excludes halogenated alkanes) is 1. The zero-order valence-electron chi connectivity index (χ0n) is 16.5. The van der Waals surface area contributed by atoms with Gasteiger partial charge in [-0.15, -0.1) is 0 Å². The van der Waals surface area contributed by atoms with Crippen LogP contribution in [0.5, 0.6) is 0 Å². The van der Waals surface area contributed by atoms with Gasteiger partial charge in [0.05, 0.1) is 6.04 Å². The maximum atomic E-state index is 13.5. The van der Waals surface area contributed by atoms with Gasteiger partial charge in [-0.05, 0) is 68.8 Å². The van der Waals surface area contributed by atoms with Crippen molar-refractivity contribution in [3.63, 3.8) is 0 Å². The van der Waals surface area contributed by atoms with E-state index in [1.165, 1.54) is 23.5 Å². The van der Waals surface area contributed by atoms with Crippen LogP contribution in [-0.4, -0.2) is 17.6 Å². The molecule has 0 saturated heterocycles. The number of aromatic nitrogens is 1. The molecule has 0 saturated carbocycles. The lowest BCUT2D eigenvalue weighted by molar-refractivity contribution is 0.225. The van der Waals surface area contributed by atoms with Gasteiger partial charge in [-0.25, -0.2) is 4.39 Å². The van der Waals surface area contributed by atoms with Crippen LogP contribution in [0.15, 0.2) is 72.7 Å². The molecule has 0 bridgehead atoms. The van der Waals surface area contributed by atoms with E-state index >= 15 is 0 Å². The number of H-pyrrole nitrogens is 1. The predicted molar refractivity (Wildman–Crippen MR) is 113 cm³/mol. The second kappa shape index (κ2) is 9.61. The van der Waals surface area contributed by atoms with Crippen molar-refractivity contribution in [3.05, 3.63) is 84.1 Å². The molecule has 2 aromatic rings. The summed E-state index contributed by atoms with van der Waals surface area (Å²) in [5, 5.41) is 4.61. The van der Waals surface area contributed by atoms with Crippen molar-refractivity contribution in [1.29, 1.82) is 0 Å². The Morgan fingerprint density at radius 2 is 2.17 bits per heavy atom. The summed E-state index contributed by atoms with van der Waals surface area (Å²) in [6, 6.07) is 5.00. The average Bonchev–Trinajstić information content (AvgIpc) is 3.16. The SMILES string of the molecule is Fc1ccc2[nH]cc(CCCCNC(CC3=CC=CCC3)C3=COC=CO3)c2c1. The number of benzene rings is 1. The first-order chi connectivity index (χ1) is 14.3. The van der Waals surface area contributed by atoms with E-state index in [0.717, 1.165) is 61.7 Å². The molecular formula is C24H27FN2O2. The third-order valence-corrected chi connectivity index (χ3v) is 5.43. The van der Waals surface area contributed by atoms with Crippen LogP contribution in [-0.2, 0) is 15.9 Å². The Morgan fingerprint density at radius 1 is 1.21 bits per heavy atom. The van der Waals surface area contributed by atoms with E-state index in [2.05, 4.69) is 28.5 Å². The fourth-order valence-corrected chi connectivity index (χ4v) is 3.87. The third kappa shape index (κ3) is 5.18. The van der Waals surface area contributed by atoms with Crippen molar-refractivity contribution >= 4 is 10.9 Å². The Bertz CT molecular complexity index is 955. The molecular weight excluding hydrogens is 367 g/mol. The van der Waals surface area contributed by atoms with E-state index in [1.807, 2.05) is 6.20 Å². The van der Waals surface area contributed by atoms with Crippen molar-refractivity contribution in [2.24, 2.45) is 0 Å². The molecule has 1 atom stereocenters. The van der Waals surface area contributed by atoms with Gasteiger partial charge in [-0.2, -0.15) is 0 Å². The summed E-state index contributed by atoms with van der Waals surface area (Å²) in [6.07, 6.45) is 19.4. The lowest BCUT2D eigenvalue weighted by Gasteiger charge is -2.23. The second-order valence-electron chi connectivity index (χ2n) is 7.51. The summed E-state index contributed by atoms with van der Waals surface area (Å²) in [6.45, 7) is 0.884. The van der Waals surface area contributed by atoms with Gasteiger partial charge in [-0.1, -0.05) is 23.8 Å². The number of nitrogens with one attached hydrogen (secondary N) is 2. The molecule has 4 rings (SSSR count). The first-order valence-corrected chi connectivity index (χ1v) is 10.3. The number of hydrogen-bond donors (Lipinski definition) is 2. The van der Waals surface area contributed by atoms with Crippen LogP contribution in [0, 0.1) is 5.82 Å². The molecule has 5 heteroatoms. The number of aromatic amines is 1. The number of hydrogen-bond acceptors (Lipinski definition) is 3. The first kappa shape index (κ1) is 19.5. The third-order valence-electron chi connectivity index (χ3n) is 5.43. The van der Waals surface area contributed by atoms with Gasteiger partial charge in [-0.3, -0.25) is 0 Å². The van der Waals surface area contributed by atoms with Crippen LogP contribution < -0.4 is 5.32 Å². The van der Waals surface area contributed by atoms with Crippen molar-refractivity contribution in [2.75, 3.05) is 6.54 Å². The predicted octanol–water partition coefficient (Wildman–Crippen LogP) is 5.61. The Hall–Kier alpha value is -2.79. The van der Waals surface area contributed by atoms with Crippen LogP contribution in [0.1, 0.15) is 37.7 Å². The van der Waals surface area contributed by atoms with Crippen molar-refractivity contribution < 1.29 is 13.9 Å². The molecule has 4 nitrogen and oxygen atoms in total. The summed E-state index contributed by atoms with van der Waals surface area (Å²) in [5.41, 5.74) is 3.58. The molecule has 0 spiro atoms. The molecule has 1 aliphatic carbocycles. The first-order valence-electron chi connectivity index (χ1n) is 10.3. The van der Waals surface area contributed by atoms with Gasteiger partial charge in [0.15, 0.2) is 5.76 Å². The molecule has 2 aliphatic rings. The molecule has 0 fully saturated rings. The molecule has 0 amide bonds. The highest BCUT2D eigenvalue weighted by Crippen LogP contribution is 2.23. The van der Waals surface area contributed by atoms with E-state index in [1.54, 1.807) is 24.7 Å². The molecule has 1 aliphatic heterocycles. The van der Waals surface area contributed by atoms with Crippen LogP contribution in [0.3, 0.4) is 0 Å². The Kier molecular flexibility index (Phi) is 6.47. The van der Waals surface area contributed by atoms with E-state index < -0.39 is 0 Å². The maximum absolute atomic E-state index is 13.5. The van der Waals surface area contributed by atoms with E-state index in [0.29, 0.717) is 0 Å². The number of ether oxygens (including phenoxy) is 2. The normalized spacial score (nSPS) is 16.9. The highest BCUT2D eigenvalue weighted by Gasteiger charge is 2.19. The molecule has 1 unspecified atom stereocenters. The highest BCUT2D eigenvalue weighted by atomic mass is 19.1. The van der Waals surface area contributed by atoms with Crippen LogP contribution >= 0.6 is 0 Å². The monoisotopic (exact) mass is 394 g/mol. The molecule has 2 N–H and O–H groups in total. The van der Waals surface area contributed by atoms with Gasteiger partial charge >= 0.3 is 0 Å². The summed E-state index contributed by atoms with van der Waals surface area (Å²) in [7, 11) is 0. The van der Waals surface area contributed by atoms with Gasteiger partial charge in [0.25, 0.3) is 0 Å². The molecule has 1 aromatic heterocycles. The molecule has 152 valence electrons. The Labute approximate surface area is 170 Å². The molecule has 2 heterocycles. The molecule has 29 heavy (non-hydrogen) atoms. The number of halogens is 1. The number of fused-ring (bicyclic) bond motifs is 1. The highest BCUT2D eigenvalue weighted by molar-refractivity contribution is 5.83. The largest absolute Gasteiger partial charge is 0.466 e. The quantitative estimate of drug-likeness (QED) is 0.543. The number of aryl methyl sites for hydroxylation is 1. The minimum Gasteiger partial charge on any atom is -0.466 e.